The molecule has 0 bridgehead atoms. The third-order valence-electron chi connectivity index (χ3n) is 18.3. The Kier molecular flexibility index (Phi) is 12.4. The van der Waals surface area contributed by atoms with Gasteiger partial charge in [-0.05, 0) is 209 Å². The number of rotatable bonds is 7. The zero-order valence-corrected chi connectivity index (χ0v) is 51.8. The summed E-state index contributed by atoms with van der Waals surface area (Å²) in [6, 6.07) is 75.9. The average Bonchev–Trinajstić information content (AvgIpc) is 1.60. The van der Waals surface area contributed by atoms with E-state index >= 15 is 0 Å². The maximum absolute atomic E-state index is 6.64. The van der Waals surface area contributed by atoms with Gasteiger partial charge < -0.3 is 23.7 Å². The predicted molar refractivity (Wildman–Crippen MR) is 364 cm³/mol. The van der Waals surface area contributed by atoms with Crippen LogP contribution in [-0.2, 0) is 16.2 Å². The molecular formula is C79H75BN4O. The molecule has 0 saturated heterocycles. The van der Waals surface area contributed by atoms with E-state index in [1.165, 1.54) is 88.8 Å². The van der Waals surface area contributed by atoms with Crippen LogP contribution >= 0.6 is 0 Å². The molecule has 0 fully saturated rings. The number of fused-ring (bicyclic) bond motifs is 8. The van der Waals surface area contributed by atoms with Gasteiger partial charge in [0.25, 0.3) is 6.71 Å². The largest absolute Gasteiger partial charge is 0.456 e. The normalized spacial score (nSPS) is 13.2. The van der Waals surface area contributed by atoms with Crippen LogP contribution in [0.2, 0.25) is 0 Å². The molecule has 0 atom stereocenters. The summed E-state index contributed by atoms with van der Waals surface area (Å²) in [5.74, 6) is 0.888. The zero-order valence-electron chi connectivity index (χ0n) is 51.8. The number of para-hydroxylation sites is 3. The van der Waals surface area contributed by atoms with Gasteiger partial charge in [-0.1, -0.05) is 165 Å². The molecule has 0 amide bonds. The Labute approximate surface area is 502 Å². The molecule has 5 nitrogen and oxygen atoms in total. The molecule has 2 aliphatic rings. The minimum atomic E-state index is -0.0713. The summed E-state index contributed by atoms with van der Waals surface area (Å²) in [5.41, 5.74) is 29.6. The minimum Gasteiger partial charge on any atom is -0.456 e. The number of aryl methyl sites for hydroxylation is 5. The van der Waals surface area contributed by atoms with Crippen molar-refractivity contribution in [2.24, 2.45) is 0 Å². The van der Waals surface area contributed by atoms with Gasteiger partial charge in [0.1, 0.15) is 11.3 Å². The van der Waals surface area contributed by atoms with E-state index < -0.39 is 0 Å². The van der Waals surface area contributed by atoms with Crippen molar-refractivity contribution in [2.75, 3.05) is 14.7 Å². The Morgan fingerprint density at radius 2 is 0.953 bits per heavy atom. The second kappa shape index (κ2) is 19.5. The molecule has 85 heavy (non-hydrogen) atoms. The van der Waals surface area contributed by atoms with Crippen LogP contribution in [0.3, 0.4) is 0 Å². The molecule has 0 radical (unpaired) electrons. The molecule has 0 unspecified atom stereocenters. The average molecular weight is 1110 g/mol. The summed E-state index contributed by atoms with van der Waals surface area (Å²) in [5, 5.41) is 3.56. The number of benzene rings is 10. The number of nitrogens with zero attached hydrogens (tertiary/aromatic N) is 4. The Balaban J connectivity index is 1.05. The smallest absolute Gasteiger partial charge is 0.252 e. The molecule has 6 heteroatoms. The Bertz CT molecular complexity index is 4590. The van der Waals surface area contributed by atoms with Crippen LogP contribution in [0.15, 0.2) is 205 Å². The Morgan fingerprint density at radius 3 is 1.61 bits per heavy atom. The quantitative estimate of drug-likeness (QED) is 0.149. The molecule has 0 spiro atoms. The highest BCUT2D eigenvalue weighted by molar-refractivity contribution is 7.00. The first-order valence-electron chi connectivity index (χ1n) is 30.3. The number of aromatic nitrogens is 1. The molecule has 4 heterocycles. The molecular weight excluding hydrogens is 1030 g/mol. The maximum atomic E-state index is 6.64. The number of furan rings is 1. The van der Waals surface area contributed by atoms with Gasteiger partial charge in [-0.15, -0.1) is 0 Å². The van der Waals surface area contributed by atoms with E-state index in [4.69, 9.17) is 4.42 Å². The third kappa shape index (κ3) is 8.89. The van der Waals surface area contributed by atoms with Crippen molar-refractivity contribution in [3.8, 4) is 17.0 Å². The van der Waals surface area contributed by atoms with Crippen molar-refractivity contribution in [3.05, 3.63) is 245 Å². The lowest BCUT2D eigenvalue weighted by molar-refractivity contribution is 0.589. The fourth-order valence-corrected chi connectivity index (χ4v) is 14.1. The molecule has 0 N–H and O–H groups in total. The SMILES string of the molecule is Cc1cc2c3c(c1)N(c1ccc(C(C)(C)C)cc1)c1cc(C(C)(C)C)ccc1B3c1ccc(N(c3ccc4c5ccccc5n(-c5ccccc5)c4c3)c3c(C)cc(C(C)(C)C)cc3C)cc1N2c1cc(C)c(-c2cc3ccccc3o2)c(C)c1. The summed E-state index contributed by atoms with van der Waals surface area (Å²) in [6.45, 7) is 32.2. The number of hydrogen-bond donors (Lipinski definition) is 0. The summed E-state index contributed by atoms with van der Waals surface area (Å²) < 4.78 is 9.08. The Hall–Kier alpha value is -9.00. The monoisotopic (exact) mass is 1110 g/mol. The molecule has 14 rings (SSSR count). The van der Waals surface area contributed by atoms with Gasteiger partial charge in [-0.3, -0.25) is 0 Å². The van der Waals surface area contributed by atoms with Crippen LogP contribution in [0.5, 0.6) is 0 Å². The van der Waals surface area contributed by atoms with Crippen LogP contribution in [-0.4, -0.2) is 11.3 Å². The van der Waals surface area contributed by atoms with Crippen molar-refractivity contribution < 1.29 is 4.42 Å². The second-order valence-electron chi connectivity index (χ2n) is 27.4. The van der Waals surface area contributed by atoms with E-state index in [9.17, 15) is 0 Å². The van der Waals surface area contributed by atoms with E-state index in [0.717, 1.165) is 73.1 Å². The molecule has 0 saturated carbocycles. The van der Waals surface area contributed by atoms with Gasteiger partial charge in [0.05, 0.1) is 16.7 Å². The number of hydrogen-bond acceptors (Lipinski definition) is 4. The van der Waals surface area contributed by atoms with E-state index in [2.05, 4.69) is 310 Å². The van der Waals surface area contributed by atoms with Crippen molar-refractivity contribution in [1.82, 2.24) is 4.57 Å². The van der Waals surface area contributed by atoms with Gasteiger partial charge in [-0.2, -0.15) is 0 Å². The molecule has 0 aliphatic carbocycles. The summed E-state index contributed by atoms with van der Waals surface area (Å²) >= 11 is 0. The topological polar surface area (TPSA) is 27.8 Å². The lowest BCUT2D eigenvalue weighted by Crippen LogP contribution is -2.61. The van der Waals surface area contributed by atoms with Crippen LogP contribution < -0.4 is 31.1 Å². The van der Waals surface area contributed by atoms with Crippen LogP contribution in [0.1, 0.15) is 107 Å². The third-order valence-corrected chi connectivity index (χ3v) is 18.3. The minimum absolute atomic E-state index is 0.0162. The highest BCUT2D eigenvalue weighted by Gasteiger charge is 2.44. The molecule has 12 aromatic rings. The van der Waals surface area contributed by atoms with Gasteiger partial charge in [-0.25, -0.2) is 0 Å². The summed E-state index contributed by atoms with van der Waals surface area (Å²) in [4.78, 5) is 7.71. The van der Waals surface area contributed by atoms with Gasteiger partial charge >= 0.3 is 0 Å². The van der Waals surface area contributed by atoms with Gasteiger partial charge in [0.15, 0.2) is 0 Å². The fourth-order valence-electron chi connectivity index (χ4n) is 14.1. The van der Waals surface area contributed by atoms with Gasteiger partial charge in [0.2, 0.25) is 0 Å². The first kappa shape index (κ1) is 54.0. The van der Waals surface area contributed by atoms with E-state index in [1.807, 2.05) is 6.07 Å². The molecule has 10 aromatic carbocycles. The van der Waals surface area contributed by atoms with Gasteiger partial charge in [0, 0.05) is 72.9 Å². The molecule has 2 aliphatic heterocycles. The summed E-state index contributed by atoms with van der Waals surface area (Å²) in [7, 11) is 0. The zero-order chi connectivity index (χ0) is 59.2. The highest BCUT2D eigenvalue weighted by atomic mass is 16.3. The fraction of sp³-hybridized carbons (Fsp3) is 0.215. The van der Waals surface area contributed by atoms with Crippen LogP contribution in [0.25, 0.3) is 49.8 Å². The lowest BCUT2D eigenvalue weighted by atomic mass is 9.33. The molecule has 420 valence electrons. The predicted octanol–water partition coefficient (Wildman–Crippen LogP) is 20.2. The first-order valence-corrected chi connectivity index (χ1v) is 30.3. The lowest BCUT2D eigenvalue weighted by Gasteiger charge is -2.45. The van der Waals surface area contributed by atoms with E-state index in [1.54, 1.807) is 0 Å². The second-order valence-corrected chi connectivity index (χ2v) is 27.4. The van der Waals surface area contributed by atoms with Crippen molar-refractivity contribution >= 4 is 107 Å². The van der Waals surface area contributed by atoms with Crippen LogP contribution in [0, 0.1) is 34.6 Å². The standard InChI is InChI=1S/C79H75BN4O/c1-48-38-70-75-71(39-48)84(61-42-49(2)74(50(3)43-61)73-44-53-22-18-21-27-72(53)85-73)69-47-60(34-37-65(69)80(75)64-36-30-55(78(9,10)11)45-68(64)83(70)58-31-28-54(29-32-58)77(6,7)8)81(76-51(4)40-56(41-52(76)5)79(12,13)14)59-33-35-63-62-25-19-20-26-66(62)82(67(63)46-59)57-23-16-15-17-24-57/h15-47H,1-14H3. The van der Waals surface area contributed by atoms with E-state index in [0.29, 0.717) is 0 Å². The summed E-state index contributed by atoms with van der Waals surface area (Å²) in [6.07, 6.45) is 0. The number of anilines is 9. The van der Waals surface area contributed by atoms with Crippen LogP contribution in [0.4, 0.5) is 51.2 Å². The highest BCUT2D eigenvalue weighted by Crippen LogP contribution is 2.50. The Morgan fingerprint density at radius 1 is 0.400 bits per heavy atom. The van der Waals surface area contributed by atoms with Crippen molar-refractivity contribution in [3.63, 3.8) is 0 Å². The first-order chi connectivity index (χ1) is 40.6. The molecule has 2 aromatic heterocycles. The van der Waals surface area contributed by atoms with E-state index in [-0.39, 0.29) is 23.0 Å². The van der Waals surface area contributed by atoms with Crippen molar-refractivity contribution in [1.29, 1.82) is 0 Å². The maximum Gasteiger partial charge on any atom is 0.252 e. The van der Waals surface area contributed by atoms with Crippen molar-refractivity contribution in [2.45, 2.75) is 113 Å².